The maximum Gasteiger partial charge on any atom is 0.410 e. The average molecular weight is 233 g/mol. The molecule has 2 saturated heterocycles. The van der Waals surface area contributed by atoms with Crippen molar-refractivity contribution in [1.82, 2.24) is 4.90 Å². The number of nitrogens with zero attached hydrogens (tertiary/aromatic N) is 1. The highest BCUT2D eigenvalue weighted by atomic mass is 16.6. The Hall–Kier alpha value is -1.55. The van der Waals surface area contributed by atoms with Gasteiger partial charge in [0.05, 0.1) is 13.2 Å². The van der Waals surface area contributed by atoms with Gasteiger partial charge in [-0.1, -0.05) is 30.3 Å². The number of carbonyl (C=O) groups excluding carboxylic acids is 1. The third-order valence-electron chi connectivity index (χ3n) is 3.33. The lowest BCUT2D eigenvalue weighted by Gasteiger charge is -2.15. The summed E-state index contributed by atoms with van der Waals surface area (Å²) in [5, 5.41) is 0. The molecule has 2 heterocycles. The highest BCUT2D eigenvalue weighted by molar-refractivity contribution is 5.68. The molecule has 90 valence electrons. The Bertz CT molecular complexity index is 414. The number of hydrogen-bond donors (Lipinski definition) is 0. The van der Waals surface area contributed by atoms with Crippen molar-refractivity contribution < 1.29 is 14.3 Å². The Labute approximate surface area is 100 Å². The summed E-state index contributed by atoms with van der Waals surface area (Å²) in [7, 11) is 0. The third kappa shape index (κ3) is 2.26. The SMILES string of the molecule is O=C(OCc1ccccc1)N1CC[C@]2(CO2)C1. The number of amides is 1. The summed E-state index contributed by atoms with van der Waals surface area (Å²) in [4.78, 5) is 13.5. The standard InChI is InChI=1S/C13H15NO3/c15-12(14-7-6-13(9-14)10-17-13)16-8-11-4-2-1-3-5-11/h1-5H,6-10H2/t13-/m1/s1. The van der Waals surface area contributed by atoms with Crippen LogP contribution in [-0.4, -0.2) is 36.3 Å². The number of hydrogen-bond acceptors (Lipinski definition) is 3. The molecule has 2 aliphatic heterocycles. The number of rotatable bonds is 2. The predicted molar refractivity (Wildman–Crippen MR) is 61.5 cm³/mol. The van der Waals surface area contributed by atoms with E-state index < -0.39 is 0 Å². The molecule has 0 bridgehead atoms. The summed E-state index contributed by atoms with van der Waals surface area (Å²) in [5.41, 5.74) is 0.989. The second-order valence-electron chi connectivity index (χ2n) is 4.68. The van der Waals surface area contributed by atoms with Gasteiger partial charge < -0.3 is 14.4 Å². The summed E-state index contributed by atoms with van der Waals surface area (Å²) in [5.74, 6) is 0. The van der Waals surface area contributed by atoms with E-state index in [4.69, 9.17) is 9.47 Å². The Kier molecular flexibility index (Phi) is 2.52. The van der Waals surface area contributed by atoms with Crippen LogP contribution in [-0.2, 0) is 16.1 Å². The first kappa shape index (κ1) is 10.6. The van der Waals surface area contributed by atoms with Crippen LogP contribution in [0.5, 0.6) is 0 Å². The highest BCUT2D eigenvalue weighted by Crippen LogP contribution is 2.36. The first-order valence-electron chi connectivity index (χ1n) is 5.87. The monoisotopic (exact) mass is 233 g/mol. The largest absolute Gasteiger partial charge is 0.445 e. The van der Waals surface area contributed by atoms with Crippen molar-refractivity contribution in [3.63, 3.8) is 0 Å². The van der Waals surface area contributed by atoms with Gasteiger partial charge in [0.15, 0.2) is 0 Å². The third-order valence-corrected chi connectivity index (χ3v) is 3.33. The van der Waals surface area contributed by atoms with Crippen molar-refractivity contribution in [2.75, 3.05) is 19.7 Å². The van der Waals surface area contributed by atoms with E-state index in [0.717, 1.165) is 25.1 Å². The van der Waals surface area contributed by atoms with Crippen LogP contribution in [0.25, 0.3) is 0 Å². The summed E-state index contributed by atoms with van der Waals surface area (Å²) in [6.45, 7) is 2.55. The fourth-order valence-corrected chi connectivity index (χ4v) is 2.15. The van der Waals surface area contributed by atoms with Crippen molar-refractivity contribution in [3.8, 4) is 0 Å². The minimum Gasteiger partial charge on any atom is -0.445 e. The molecule has 2 aliphatic rings. The summed E-state index contributed by atoms with van der Waals surface area (Å²) in [6, 6.07) is 9.71. The minimum absolute atomic E-state index is 0.0221. The average Bonchev–Trinajstić information content (AvgIpc) is 2.98. The van der Waals surface area contributed by atoms with E-state index >= 15 is 0 Å². The van der Waals surface area contributed by atoms with E-state index in [1.807, 2.05) is 30.3 Å². The second-order valence-corrected chi connectivity index (χ2v) is 4.68. The molecule has 0 aliphatic carbocycles. The van der Waals surface area contributed by atoms with Gasteiger partial charge in [-0.15, -0.1) is 0 Å². The molecule has 4 nitrogen and oxygen atoms in total. The highest BCUT2D eigenvalue weighted by Gasteiger charge is 2.51. The maximum atomic E-state index is 11.8. The van der Waals surface area contributed by atoms with E-state index in [2.05, 4.69) is 0 Å². The summed E-state index contributed by atoms with van der Waals surface area (Å²) < 4.78 is 10.6. The van der Waals surface area contributed by atoms with Crippen molar-refractivity contribution in [2.45, 2.75) is 18.6 Å². The zero-order chi connectivity index (χ0) is 11.7. The smallest absolute Gasteiger partial charge is 0.410 e. The van der Waals surface area contributed by atoms with Gasteiger partial charge in [-0.3, -0.25) is 0 Å². The van der Waals surface area contributed by atoms with Crippen LogP contribution in [0.15, 0.2) is 30.3 Å². The summed E-state index contributed by atoms with van der Waals surface area (Å²) in [6.07, 6.45) is 0.703. The number of carbonyl (C=O) groups is 1. The zero-order valence-electron chi connectivity index (χ0n) is 9.59. The lowest BCUT2D eigenvalue weighted by Crippen LogP contribution is -2.30. The van der Waals surface area contributed by atoms with Crippen LogP contribution >= 0.6 is 0 Å². The molecule has 1 aromatic carbocycles. The van der Waals surface area contributed by atoms with Crippen molar-refractivity contribution in [3.05, 3.63) is 35.9 Å². The number of ether oxygens (including phenoxy) is 2. The lowest BCUT2D eigenvalue weighted by molar-refractivity contribution is 0.102. The van der Waals surface area contributed by atoms with E-state index in [0.29, 0.717) is 13.2 Å². The van der Waals surface area contributed by atoms with Crippen LogP contribution < -0.4 is 0 Å². The molecule has 0 radical (unpaired) electrons. The fraction of sp³-hybridized carbons (Fsp3) is 0.462. The molecule has 0 N–H and O–H groups in total. The van der Waals surface area contributed by atoms with Crippen LogP contribution in [0.4, 0.5) is 4.79 Å². The first-order chi connectivity index (χ1) is 8.27. The quantitative estimate of drug-likeness (QED) is 0.731. The Morgan fingerprint density at radius 3 is 2.82 bits per heavy atom. The van der Waals surface area contributed by atoms with Gasteiger partial charge in [-0.25, -0.2) is 4.79 Å². The van der Waals surface area contributed by atoms with E-state index in [1.165, 1.54) is 0 Å². The molecule has 3 rings (SSSR count). The molecular weight excluding hydrogens is 218 g/mol. The first-order valence-corrected chi connectivity index (χ1v) is 5.87. The number of benzene rings is 1. The van der Waals surface area contributed by atoms with E-state index in [-0.39, 0.29) is 11.7 Å². The molecule has 2 fully saturated rings. The molecule has 1 aromatic rings. The lowest BCUT2D eigenvalue weighted by atomic mass is 10.1. The summed E-state index contributed by atoms with van der Waals surface area (Å²) >= 11 is 0. The zero-order valence-corrected chi connectivity index (χ0v) is 9.59. The Balaban J connectivity index is 1.51. The maximum absolute atomic E-state index is 11.8. The van der Waals surface area contributed by atoms with Gasteiger partial charge in [0.2, 0.25) is 0 Å². The van der Waals surface area contributed by atoms with Crippen LogP contribution in [0, 0.1) is 0 Å². The molecule has 4 heteroatoms. The topological polar surface area (TPSA) is 42.1 Å². The van der Waals surface area contributed by atoms with Crippen molar-refractivity contribution in [2.24, 2.45) is 0 Å². The van der Waals surface area contributed by atoms with E-state index in [9.17, 15) is 4.79 Å². The second kappa shape index (κ2) is 4.04. The molecule has 0 aromatic heterocycles. The number of epoxide rings is 1. The predicted octanol–water partition coefficient (Wildman–Crippen LogP) is 1.80. The molecule has 1 amide bonds. The normalized spacial score (nSPS) is 26.2. The van der Waals surface area contributed by atoms with Crippen molar-refractivity contribution in [1.29, 1.82) is 0 Å². The van der Waals surface area contributed by atoms with Gasteiger partial charge in [0, 0.05) is 6.54 Å². The van der Waals surface area contributed by atoms with Crippen LogP contribution in [0.3, 0.4) is 0 Å². The Morgan fingerprint density at radius 2 is 2.18 bits per heavy atom. The molecule has 1 atom stereocenters. The van der Waals surface area contributed by atoms with Gasteiger partial charge in [0.1, 0.15) is 12.2 Å². The number of likely N-dealkylation sites (tertiary alicyclic amines) is 1. The molecule has 0 saturated carbocycles. The van der Waals surface area contributed by atoms with Gasteiger partial charge in [0.25, 0.3) is 0 Å². The minimum atomic E-state index is -0.235. The molecule has 1 spiro atoms. The van der Waals surface area contributed by atoms with E-state index in [1.54, 1.807) is 4.90 Å². The van der Waals surface area contributed by atoms with Crippen molar-refractivity contribution >= 4 is 6.09 Å². The van der Waals surface area contributed by atoms with Gasteiger partial charge >= 0.3 is 6.09 Å². The molecule has 17 heavy (non-hydrogen) atoms. The van der Waals surface area contributed by atoms with Gasteiger partial charge in [-0.05, 0) is 12.0 Å². The fourth-order valence-electron chi connectivity index (χ4n) is 2.15. The van der Waals surface area contributed by atoms with Crippen LogP contribution in [0.2, 0.25) is 0 Å². The Morgan fingerprint density at radius 1 is 1.41 bits per heavy atom. The molecular formula is C13H15NO3. The van der Waals surface area contributed by atoms with Gasteiger partial charge in [-0.2, -0.15) is 0 Å². The molecule has 0 unspecified atom stereocenters. The van der Waals surface area contributed by atoms with Crippen LogP contribution in [0.1, 0.15) is 12.0 Å².